The van der Waals surface area contributed by atoms with Crippen molar-refractivity contribution in [2.45, 2.75) is 56.1 Å². The molecule has 0 spiro atoms. The molecule has 0 radical (unpaired) electrons. The van der Waals surface area contributed by atoms with Crippen molar-refractivity contribution in [1.82, 2.24) is 4.90 Å². The molecule has 4 rings (SSSR count). The molecule has 6 heteroatoms. The third kappa shape index (κ3) is 4.63. The fourth-order valence-corrected chi connectivity index (χ4v) is 4.88. The first-order chi connectivity index (χ1) is 14.9. The fourth-order valence-electron chi connectivity index (χ4n) is 4.57. The summed E-state index contributed by atoms with van der Waals surface area (Å²) in [5, 5.41) is 9.42. The number of hydrogen-bond donors (Lipinski definition) is 0. The van der Waals surface area contributed by atoms with Crippen LogP contribution < -0.4 is 0 Å². The van der Waals surface area contributed by atoms with E-state index < -0.39 is 5.66 Å². The van der Waals surface area contributed by atoms with E-state index in [1.807, 2.05) is 36.2 Å². The third-order valence-electron chi connectivity index (χ3n) is 6.46. The standard InChI is InChI=1S/C25H25Cl2N3O/c1-3-4-14-25(28-29-25)15-13-24(31)30(2)23-12-10-18(19-7-5-6-8-20(19)23)17-9-11-21(26)22(27)16-17/h1,5-9,11,16,18,23H,4,10,12-15H2,2H3/t18-,23-/m0/s1. The maximum absolute atomic E-state index is 13.0. The average Bonchev–Trinajstić information content (AvgIpc) is 3.57. The van der Waals surface area contributed by atoms with Gasteiger partial charge in [-0.25, -0.2) is 0 Å². The number of hydrogen-bond acceptors (Lipinski definition) is 3. The van der Waals surface area contributed by atoms with Gasteiger partial charge in [0.2, 0.25) is 5.91 Å². The minimum Gasteiger partial charge on any atom is -0.339 e. The van der Waals surface area contributed by atoms with Crippen LogP contribution in [-0.4, -0.2) is 23.5 Å². The van der Waals surface area contributed by atoms with Crippen LogP contribution >= 0.6 is 23.2 Å². The van der Waals surface area contributed by atoms with Crippen LogP contribution in [0.3, 0.4) is 0 Å². The van der Waals surface area contributed by atoms with Crippen LogP contribution in [0.5, 0.6) is 0 Å². The monoisotopic (exact) mass is 453 g/mol. The van der Waals surface area contributed by atoms with Gasteiger partial charge in [-0.3, -0.25) is 4.79 Å². The lowest BCUT2D eigenvalue weighted by Crippen LogP contribution is -2.34. The molecule has 2 aliphatic rings. The molecule has 2 aromatic carbocycles. The highest BCUT2D eigenvalue weighted by Crippen LogP contribution is 2.44. The Hall–Kier alpha value is -2.35. The molecule has 0 unspecified atom stereocenters. The number of fused-ring (bicyclic) bond motifs is 1. The van der Waals surface area contributed by atoms with Crippen LogP contribution in [0.15, 0.2) is 52.7 Å². The molecule has 2 aromatic rings. The Labute approximate surface area is 193 Å². The Morgan fingerprint density at radius 1 is 1.13 bits per heavy atom. The first-order valence-electron chi connectivity index (χ1n) is 10.6. The van der Waals surface area contributed by atoms with Gasteiger partial charge in [-0.05, 0) is 41.7 Å². The average molecular weight is 454 g/mol. The molecule has 0 saturated carbocycles. The maximum atomic E-state index is 13.0. The lowest BCUT2D eigenvalue weighted by atomic mass is 9.76. The zero-order chi connectivity index (χ0) is 22.0. The fraction of sp³-hybridized carbons (Fsp3) is 0.400. The van der Waals surface area contributed by atoms with Gasteiger partial charge in [0.15, 0.2) is 5.66 Å². The summed E-state index contributed by atoms with van der Waals surface area (Å²) in [6.45, 7) is 0. The third-order valence-corrected chi connectivity index (χ3v) is 7.20. The van der Waals surface area contributed by atoms with Crippen molar-refractivity contribution in [2.75, 3.05) is 7.05 Å². The molecule has 0 saturated heterocycles. The molecular formula is C25H25Cl2N3O. The number of benzene rings is 2. The van der Waals surface area contributed by atoms with Gasteiger partial charge in [0.1, 0.15) is 0 Å². The van der Waals surface area contributed by atoms with E-state index in [0.717, 1.165) is 24.8 Å². The molecule has 0 N–H and O–H groups in total. The molecule has 0 fully saturated rings. The molecular weight excluding hydrogens is 429 g/mol. The Kier molecular flexibility index (Phi) is 6.36. The Balaban J connectivity index is 1.49. The van der Waals surface area contributed by atoms with Crippen molar-refractivity contribution in [3.63, 3.8) is 0 Å². The summed E-state index contributed by atoms with van der Waals surface area (Å²) >= 11 is 12.4. The first kappa shape index (κ1) is 21.9. The van der Waals surface area contributed by atoms with Crippen LogP contribution in [0.1, 0.15) is 67.2 Å². The number of nitrogens with zero attached hydrogens (tertiary/aromatic N) is 3. The number of rotatable bonds is 7. The van der Waals surface area contributed by atoms with E-state index in [4.69, 9.17) is 29.6 Å². The minimum atomic E-state index is -0.424. The highest BCUT2D eigenvalue weighted by atomic mass is 35.5. The lowest BCUT2D eigenvalue weighted by Gasteiger charge is -2.37. The van der Waals surface area contributed by atoms with E-state index in [2.05, 4.69) is 34.3 Å². The smallest absolute Gasteiger partial charge is 0.222 e. The molecule has 0 bridgehead atoms. The van der Waals surface area contributed by atoms with Crippen LogP contribution in [-0.2, 0) is 4.79 Å². The molecule has 4 nitrogen and oxygen atoms in total. The number of terminal acetylenes is 1. The second kappa shape index (κ2) is 9.02. The van der Waals surface area contributed by atoms with E-state index in [9.17, 15) is 4.79 Å². The van der Waals surface area contributed by atoms with Gasteiger partial charge in [-0.15, -0.1) is 12.3 Å². The van der Waals surface area contributed by atoms with Gasteiger partial charge in [-0.1, -0.05) is 53.5 Å². The Morgan fingerprint density at radius 2 is 1.87 bits per heavy atom. The van der Waals surface area contributed by atoms with Crippen LogP contribution in [0.25, 0.3) is 0 Å². The summed E-state index contributed by atoms with van der Waals surface area (Å²) in [6.07, 6.45) is 9.58. The highest BCUT2D eigenvalue weighted by molar-refractivity contribution is 6.42. The van der Waals surface area contributed by atoms with Crippen molar-refractivity contribution < 1.29 is 4.79 Å². The molecule has 2 atom stereocenters. The van der Waals surface area contributed by atoms with Crippen LogP contribution in [0.2, 0.25) is 10.0 Å². The predicted octanol–water partition coefficient (Wildman–Crippen LogP) is 6.77. The number of carbonyl (C=O) groups is 1. The number of carbonyl (C=O) groups excluding carboxylic acids is 1. The van der Waals surface area contributed by atoms with Crippen molar-refractivity contribution in [3.05, 3.63) is 69.2 Å². The number of halogens is 2. The largest absolute Gasteiger partial charge is 0.339 e. The second-order valence-electron chi connectivity index (χ2n) is 8.34. The van der Waals surface area contributed by atoms with Gasteiger partial charge in [0.25, 0.3) is 0 Å². The molecule has 1 aliphatic heterocycles. The molecule has 160 valence electrons. The number of amides is 1. The zero-order valence-electron chi connectivity index (χ0n) is 17.5. The molecule has 1 heterocycles. The normalized spacial score (nSPS) is 20.6. The topological polar surface area (TPSA) is 45.0 Å². The minimum absolute atomic E-state index is 0.0532. The molecule has 1 amide bonds. The summed E-state index contributed by atoms with van der Waals surface area (Å²) < 4.78 is 0. The SMILES string of the molecule is C#CCCC1(CCC(=O)N(C)[C@H]2CC[C@@H](c3ccc(Cl)c(Cl)c3)c3ccccc32)N=N1. The highest BCUT2D eigenvalue weighted by Gasteiger charge is 2.40. The van der Waals surface area contributed by atoms with Gasteiger partial charge in [0, 0.05) is 38.6 Å². The molecule has 1 aliphatic carbocycles. The van der Waals surface area contributed by atoms with Gasteiger partial charge < -0.3 is 4.90 Å². The summed E-state index contributed by atoms with van der Waals surface area (Å²) in [7, 11) is 1.90. The maximum Gasteiger partial charge on any atom is 0.222 e. The first-order valence-corrected chi connectivity index (χ1v) is 11.4. The molecule has 0 aromatic heterocycles. The van der Waals surface area contributed by atoms with E-state index in [1.54, 1.807) is 0 Å². The summed E-state index contributed by atoms with van der Waals surface area (Å²) in [4.78, 5) is 14.9. The van der Waals surface area contributed by atoms with Crippen molar-refractivity contribution in [1.29, 1.82) is 0 Å². The van der Waals surface area contributed by atoms with Crippen molar-refractivity contribution in [3.8, 4) is 12.3 Å². The predicted molar refractivity (Wildman–Crippen MR) is 124 cm³/mol. The Morgan fingerprint density at radius 3 is 2.55 bits per heavy atom. The van der Waals surface area contributed by atoms with E-state index in [-0.39, 0.29) is 17.9 Å². The van der Waals surface area contributed by atoms with Crippen LogP contribution in [0, 0.1) is 12.3 Å². The van der Waals surface area contributed by atoms with Crippen LogP contribution in [0.4, 0.5) is 0 Å². The van der Waals surface area contributed by atoms with Gasteiger partial charge in [-0.2, -0.15) is 10.2 Å². The Bertz CT molecular complexity index is 1050. The van der Waals surface area contributed by atoms with Crippen molar-refractivity contribution >= 4 is 29.1 Å². The zero-order valence-corrected chi connectivity index (χ0v) is 19.0. The molecule has 31 heavy (non-hydrogen) atoms. The van der Waals surface area contributed by atoms with Crippen molar-refractivity contribution in [2.24, 2.45) is 10.2 Å². The van der Waals surface area contributed by atoms with E-state index in [1.165, 1.54) is 11.1 Å². The van der Waals surface area contributed by atoms with E-state index in [0.29, 0.717) is 29.3 Å². The van der Waals surface area contributed by atoms with E-state index >= 15 is 0 Å². The summed E-state index contributed by atoms with van der Waals surface area (Å²) in [6, 6.07) is 14.3. The second-order valence-corrected chi connectivity index (χ2v) is 9.15. The lowest BCUT2D eigenvalue weighted by molar-refractivity contribution is -0.132. The quantitative estimate of drug-likeness (QED) is 0.426. The summed E-state index contributed by atoms with van der Waals surface area (Å²) in [5.41, 5.74) is 3.17. The summed E-state index contributed by atoms with van der Waals surface area (Å²) in [5.74, 6) is 2.98. The van der Waals surface area contributed by atoms with Gasteiger partial charge in [0.05, 0.1) is 16.1 Å². The van der Waals surface area contributed by atoms with Gasteiger partial charge >= 0.3 is 0 Å².